The fourth-order valence-corrected chi connectivity index (χ4v) is 1.80. The molecule has 0 fully saturated rings. The van der Waals surface area contributed by atoms with Crippen LogP contribution >= 0.6 is 0 Å². The van der Waals surface area contributed by atoms with Crippen LogP contribution in [-0.2, 0) is 14.4 Å². The summed E-state index contributed by atoms with van der Waals surface area (Å²) in [6.45, 7) is 3.45. The van der Waals surface area contributed by atoms with Crippen LogP contribution in [0.25, 0.3) is 0 Å². The first kappa shape index (κ1) is 16.5. The number of ether oxygens (including phenoxy) is 1. The summed E-state index contributed by atoms with van der Waals surface area (Å²) >= 11 is 0. The number of primary amides is 1. The van der Waals surface area contributed by atoms with Crippen molar-refractivity contribution in [1.29, 1.82) is 0 Å². The summed E-state index contributed by atoms with van der Waals surface area (Å²) < 4.78 is 5.29. The molecule has 0 radical (unpaired) electrons. The Kier molecular flexibility index (Phi) is 5.71. The minimum absolute atomic E-state index is 0.342. The number of hydrogen-bond acceptors (Lipinski definition) is 4. The number of carboxylic acid groups (broad SMARTS) is 1. The van der Waals surface area contributed by atoms with Crippen molar-refractivity contribution in [3.05, 3.63) is 29.3 Å². The number of nitrogens with one attached hydrogen (secondary N) is 1. The SMILES string of the molecule is Cc1cc(C)cc(OCC(=O)N[C@@H](CC(N)=O)C(=O)O)c1. The molecule has 7 nitrogen and oxygen atoms in total. The van der Waals surface area contributed by atoms with Gasteiger partial charge < -0.3 is 20.9 Å². The van der Waals surface area contributed by atoms with E-state index in [0.29, 0.717) is 5.75 Å². The summed E-state index contributed by atoms with van der Waals surface area (Å²) in [5.74, 6) is -2.25. The topological polar surface area (TPSA) is 119 Å². The molecule has 0 aliphatic heterocycles. The Morgan fingerprint density at radius 1 is 1.24 bits per heavy atom. The molecule has 1 rings (SSSR count). The monoisotopic (exact) mass is 294 g/mol. The highest BCUT2D eigenvalue weighted by atomic mass is 16.5. The predicted octanol–water partition coefficient (Wildman–Crippen LogP) is 0.127. The van der Waals surface area contributed by atoms with Crippen molar-refractivity contribution in [3.8, 4) is 5.75 Å². The normalized spacial score (nSPS) is 11.5. The number of rotatable bonds is 7. The molecule has 21 heavy (non-hydrogen) atoms. The van der Waals surface area contributed by atoms with E-state index >= 15 is 0 Å². The maximum Gasteiger partial charge on any atom is 0.326 e. The molecular formula is C14H18N2O5. The standard InChI is InChI=1S/C14H18N2O5/c1-8-3-9(2)5-10(4-8)21-7-13(18)16-11(14(19)20)6-12(15)17/h3-5,11H,6-7H2,1-2H3,(H2,15,17)(H,16,18)(H,19,20)/t11-/m0/s1. The van der Waals surface area contributed by atoms with Crippen molar-refractivity contribution < 1.29 is 24.2 Å². The zero-order valence-corrected chi connectivity index (χ0v) is 11.9. The largest absolute Gasteiger partial charge is 0.484 e. The van der Waals surface area contributed by atoms with Crippen LogP contribution in [0.2, 0.25) is 0 Å². The molecule has 1 aromatic rings. The zero-order chi connectivity index (χ0) is 16.0. The number of amides is 2. The number of hydrogen-bond donors (Lipinski definition) is 3. The lowest BCUT2D eigenvalue weighted by atomic mass is 10.1. The molecule has 0 aliphatic carbocycles. The van der Waals surface area contributed by atoms with Crippen molar-refractivity contribution in [3.63, 3.8) is 0 Å². The van der Waals surface area contributed by atoms with Crippen molar-refractivity contribution in [2.45, 2.75) is 26.3 Å². The highest BCUT2D eigenvalue weighted by molar-refractivity contribution is 5.88. The van der Waals surface area contributed by atoms with E-state index in [-0.39, 0.29) is 6.61 Å². The Labute approximate surface area is 122 Å². The molecule has 7 heteroatoms. The first-order valence-corrected chi connectivity index (χ1v) is 6.29. The van der Waals surface area contributed by atoms with Gasteiger partial charge in [-0.25, -0.2) is 4.79 Å². The lowest BCUT2D eigenvalue weighted by molar-refractivity contribution is -0.143. The van der Waals surface area contributed by atoms with E-state index in [9.17, 15) is 14.4 Å². The van der Waals surface area contributed by atoms with E-state index in [1.807, 2.05) is 19.9 Å². The van der Waals surface area contributed by atoms with E-state index < -0.39 is 30.2 Å². The molecular weight excluding hydrogens is 276 g/mol. The molecule has 2 amide bonds. The smallest absolute Gasteiger partial charge is 0.326 e. The Morgan fingerprint density at radius 3 is 2.29 bits per heavy atom. The van der Waals surface area contributed by atoms with Crippen LogP contribution in [0, 0.1) is 13.8 Å². The van der Waals surface area contributed by atoms with Crippen LogP contribution in [0.3, 0.4) is 0 Å². The van der Waals surface area contributed by atoms with Crippen LogP contribution in [0.15, 0.2) is 18.2 Å². The first-order chi connectivity index (χ1) is 9.77. The van der Waals surface area contributed by atoms with Gasteiger partial charge in [0.2, 0.25) is 5.91 Å². The molecule has 0 heterocycles. The molecule has 1 aromatic carbocycles. The van der Waals surface area contributed by atoms with E-state index in [2.05, 4.69) is 5.32 Å². The van der Waals surface area contributed by atoms with Crippen molar-refractivity contribution >= 4 is 17.8 Å². The van der Waals surface area contributed by atoms with E-state index in [4.69, 9.17) is 15.6 Å². The lowest BCUT2D eigenvalue weighted by Crippen LogP contribution is -2.45. The minimum Gasteiger partial charge on any atom is -0.484 e. The molecule has 0 unspecified atom stereocenters. The molecule has 4 N–H and O–H groups in total. The predicted molar refractivity (Wildman–Crippen MR) is 74.8 cm³/mol. The number of aryl methyl sites for hydroxylation is 2. The van der Waals surface area contributed by atoms with Gasteiger partial charge in [-0.15, -0.1) is 0 Å². The van der Waals surface area contributed by atoms with Crippen LogP contribution in [0.1, 0.15) is 17.5 Å². The fourth-order valence-electron chi connectivity index (χ4n) is 1.80. The van der Waals surface area contributed by atoms with Crippen molar-refractivity contribution in [2.24, 2.45) is 5.73 Å². The van der Waals surface area contributed by atoms with Crippen LogP contribution in [0.4, 0.5) is 0 Å². The van der Waals surface area contributed by atoms with Gasteiger partial charge in [-0.3, -0.25) is 9.59 Å². The molecule has 0 saturated carbocycles. The van der Waals surface area contributed by atoms with Crippen LogP contribution in [0.5, 0.6) is 5.75 Å². The Bertz CT molecular complexity index is 536. The van der Waals surface area contributed by atoms with Crippen molar-refractivity contribution in [2.75, 3.05) is 6.61 Å². The molecule has 0 saturated heterocycles. The number of carbonyl (C=O) groups excluding carboxylic acids is 2. The second-order valence-electron chi connectivity index (χ2n) is 4.74. The van der Waals surface area contributed by atoms with Crippen LogP contribution < -0.4 is 15.8 Å². The lowest BCUT2D eigenvalue weighted by Gasteiger charge is -2.13. The Morgan fingerprint density at radius 2 is 1.81 bits per heavy atom. The van der Waals surface area contributed by atoms with Crippen molar-refractivity contribution in [1.82, 2.24) is 5.32 Å². The zero-order valence-electron chi connectivity index (χ0n) is 11.9. The van der Waals surface area contributed by atoms with Gasteiger partial charge in [0.15, 0.2) is 6.61 Å². The number of carbonyl (C=O) groups is 3. The Balaban J connectivity index is 2.56. The highest BCUT2D eigenvalue weighted by Crippen LogP contribution is 2.15. The van der Waals surface area contributed by atoms with E-state index in [0.717, 1.165) is 11.1 Å². The van der Waals surface area contributed by atoms with Gasteiger partial charge in [-0.2, -0.15) is 0 Å². The van der Waals surface area contributed by atoms with Gasteiger partial charge in [-0.05, 0) is 37.1 Å². The van der Waals surface area contributed by atoms with Gasteiger partial charge in [-0.1, -0.05) is 6.07 Å². The number of carboxylic acids is 1. The van der Waals surface area contributed by atoms with E-state index in [1.54, 1.807) is 12.1 Å². The molecule has 0 bridgehead atoms. The van der Waals surface area contributed by atoms with Gasteiger partial charge >= 0.3 is 5.97 Å². The number of aliphatic carboxylic acids is 1. The van der Waals surface area contributed by atoms with Gasteiger partial charge in [0.05, 0.1) is 6.42 Å². The minimum atomic E-state index is -1.35. The average Bonchev–Trinajstić information content (AvgIpc) is 2.33. The summed E-state index contributed by atoms with van der Waals surface area (Å²) in [5, 5.41) is 11.0. The average molecular weight is 294 g/mol. The highest BCUT2D eigenvalue weighted by Gasteiger charge is 2.22. The second kappa shape index (κ2) is 7.28. The van der Waals surface area contributed by atoms with Gasteiger partial charge in [0.25, 0.3) is 5.91 Å². The Hall–Kier alpha value is -2.57. The molecule has 0 spiro atoms. The number of benzene rings is 1. The molecule has 1 atom stereocenters. The quantitative estimate of drug-likeness (QED) is 0.660. The third kappa shape index (κ3) is 5.94. The van der Waals surface area contributed by atoms with E-state index in [1.165, 1.54) is 0 Å². The summed E-state index contributed by atoms with van der Waals surface area (Å²) in [6, 6.07) is 4.13. The maximum atomic E-state index is 11.6. The van der Waals surface area contributed by atoms with Crippen LogP contribution in [-0.4, -0.2) is 35.5 Å². The summed E-state index contributed by atoms with van der Waals surface area (Å²) in [5.41, 5.74) is 6.90. The first-order valence-electron chi connectivity index (χ1n) is 6.29. The van der Waals surface area contributed by atoms with Gasteiger partial charge in [0, 0.05) is 0 Å². The third-order valence-corrected chi connectivity index (χ3v) is 2.60. The molecule has 0 aromatic heterocycles. The molecule has 0 aliphatic rings. The third-order valence-electron chi connectivity index (χ3n) is 2.60. The van der Waals surface area contributed by atoms with Gasteiger partial charge in [0.1, 0.15) is 11.8 Å². The summed E-state index contributed by atoms with van der Waals surface area (Å²) in [4.78, 5) is 33.2. The summed E-state index contributed by atoms with van der Waals surface area (Å²) in [6.07, 6.45) is -0.468. The number of nitrogens with two attached hydrogens (primary N) is 1. The summed E-state index contributed by atoms with van der Waals surface area (Å²) in [7, 11) is 0. The maximum absolute atomic E-state index is 11.6. The molecule has 114 valence electrons. The second-order valence-corrected chi connectivity index (χ2v) is 4.74. The fraction of sp³-hybridized carbons (Fsp3) is 0.357.